The van der Waals surface area contributed by atoms with Crippen LogP contribution in [0, 0.1) is 6.92 Å². The molecular weight excluding hydrogens is 408 g/mol. The molecule has 0 saturated carbocycles. The van der Waals surface area contributed by atoms with E-state index in [1.54, 1.807) is 25.1 Å². The summed E-state index contributed by atoms with van der Waals surface area (Å²) < 4.78 is 7.45. The van der Waals surface area contributed by atoms with Gasteiger partial charge in [-0.15, -0.1) is 0 Å². The number of fused-ring (bicyclic) bond motifs is 1. The first-order valence-corrected chi connectivity index (χ1v) is 10.7. The molecule has 0 spiro atoms. The summed E-state index contributed by atoms with van der Waals surface area (Å²) in [5.74, 6) is -2.84. The van der Waals surface area contributed by atoms with Gasteiger partial charge in [0.25, 0.3) is 11.7 Å². The second-order valence-corrected chi connectivity index (χ2v) is 6.47. The maximum absolute atomic E-state index is 12.6. The molecule has 1 unspecified atom stereocenters. The van der Waals surface area contributed by atoms with Crippen LogP contribution in [0.5, 0.6) is 5.75 Å². The molecule has 1 aromatic heterocycles. The molecule has 0 saturated heterocycles. The lowest BCUT2D eigenvalue weighted by atomic mass is 10.1. The van der Waals surface area contributed by atoms with E-state index in [0.29, 0.717) is 23.1 Å². The Morgan fingerprint density at radius 3 is 2.12 bits per heavy atom. The van der Waals surface area contributed by atoms with E-state index < -0.39 is 23.8 Å². The first kappa shape index (κ1) is 26.4. The van der Waals surface area contributed by atoms with Crippen molar-refractivity contribution in [2.45, 2.75) is 54.2 Å². The van der Waals surface area contributed by atoms with E-state index in [1.165, 1.54) is 6.92 Å². The molecule has 0 aliphatic heterocycles. The van der Waals surface area contributed by atoms with Crippen LogP contribution in [0.15, 0.2) is 48.5 Å². The molecule has 0 bridgehead atoms. The molecule has 1 amide bonds. The molecule has 32 heavy (non-hydrogen) atoms. The number of rotatable bonds is 7. The number of aromatic nitrogens is 1. The van der Waals surface area contributed by atoms with Gasteiger partial charge in [-0.3, -0.25) is 9.59 Å². The van der Waals surface area contributed by atoms with Crippen LogP contribution in [0.1, 0.15) is 56.2 Å². The molecule has 1 heterocycles. The molecule has 7 heteroatoms. The fourth-order valence-corrected chi connectivity index (χ4v) is 3.20. The Morgan fingerprint density at radius 2 is 1.59 bits per heavy atom. The predicted molar refractivity (Wildman–Crippen MR) is 126 cm³/mol. The first-order valence-electron chi connectivity index (χ1n) is 10.7. The number of Topliss-reactive ketones (excluding diaryl/α,β-unsaturated/α-hetero) is 1. The minimum absolute atomic E-state index is 0.131. The van der Waals surface area contributed by atoms with Crippen molar-refractivity contribution in [2.24, 2.45) is 5.73 Å². The third-order valence-corrected chi connectivity index (χ3v) is 4.60. The highest BCUT2D eigenvalue weighted by molar-refractivity contribution is 6.45. The maximum atomic E-state index is 12.6. The summed E-state index contributed by atoms with van der Waals surface area (Å²) in [4.78, 5) is 35.4. The quantitative estimate of drug-likeness (QED) is 0.413. The van der Waals surface area contributed by atoms with Gasteiger partial charge in [0.05, 0.1) is 16.5 Å². The Bertz CT molecular complexity index is 1070. The number of hydrogen-bond acceptors (Lipinski definition) is 4. The van der Waals surface area contributed by atoms with E-state index in [1.807, 2.05) is 62.6 Å². The van der Waals surface area contributed by atoms with Crippen molar-refractivity contribution >= 4 is 28.6 Å². The molecule has 7 nitrogen and oxygen atoms in total. The molecule has 3 aromatic rings. The second-order valence-electron chi connectivity index (χ2n) is 6.47. The molecule has 0 fully saturated rings. The monoisotopic (exact) mass is 440 g/mol. The van der Waals surface area contributed by atoms with Crippen molar-refractivity contribution in [3.8, 4) is 5.75 Å². The summed E-state index contributed by atoms with van der Waals surface area (Å²) in [6.45, 7) is 11.6. The van der Waals surface area contributed by atoms with E-state index in [-0.39, 0.29) is 11.3 Å². The zero-order valence-electron chi connectivity index (χ0n) is 19.5. The summed E-state index contributed by atoms with van der Waals surface area (Å²) in [7, 11) is 0. The Balaban J connectivity index is 0.00000121. The second kappa shape index (κ2) is 12.3. The van der Waals surface area contributed by atoms with Gasteiger partial charge in [-0.1, -0.05) is 64.1 Å². The summed E-state index contributed by atoms with van der Waals surface area (Å²) >= 11 is 0. The molecule has 0 radical (unpaired) electrons. The molecule has 1 atom stereocenters. The first-order chi connectivity index (χ1) is 15.3. The average molecular weight is 441 g/mol. The van der Waals surface area contributed by atoms with Crippen LogP contribution in [-0.4, -0.2) is 33.4 Å². The lowest BCUT2D eigenvalue weighted by molar-refractivity contribution is -0.144. The summed E-state index contributed by atoms with van der Waals surface area (Å²) in [6.07, 6.45) is -1.13. The van der Waals surface area contributed by atoms with Crippen molar-refractivity contribution in [1.82, 2.24) is 4.57 Å². The largest absolute Gasteiger partial charge is 0.479 e. The zero-order chi connectivity index (χ0) is 24.4. The smallest absolute Gasteiger partial charge is 0.344 e. The van der Waals surface area contributed by atoms with Crippen LogP contribution in [0.4, 0.5) is 0 Å². The molecular formula is C25H32N2O5. The average Bonchev–Trinajstić information content (AvgIpc) is 3.08. The topological polar surface area (TPSA) is 112 Å². The standard InChI is InChI=1S/C21H20N2O5.2C2H6/c1-12-17(19(24)20(22)25)18-15(23(12)11-14-7-4-3-5-8-14)9-6-10-16(18)28-13(2)21(26)27;2*1-2/h3-10,13H,11H2,1-2H3,(H2,22,25)(H,26,27);2*1-2H3. The van der Waals surface area contributed by atoms with Crippen LogP contribution >= 0.6 is 0 Å². The van der Waals surface area contributed by atoms with Gasteiger partial charge in [0.2, 0.25) is 0 Å². The molecule has 3 rings (SSSR count). The Labute approximate surface area is 188 Å². The van der Waals surface area contributed by atoms with Gasteiger partial charge in [0, 0.05) is 12.2 Å². The van der Waals surface area contributed by atoms with Gasteiger partial charge < -0.3 is 20.1 Å². The van der Waals surface area contributed by atoms with Crippen LogP contribution in [-0.2, 0) is 16.1 Å². The number of nitrogens with two attached hydrogens (primary N) is 1. The number of primary amides is 1. The summed E-state index contributed by atoms with van der Waals surface area (Å²) in [5.41, 5.74) is 7.60. The van der Waals surface area contributed by atoms with Crippen molar-refractivity contribution < 1.29 is 24.2 Å². The fourth-order valence-electron chi connectivity index (χ4n) is 3.20. The van der Waals surface area contributed by atoms with Crippen molar-refractivity contribution in [1.29, 1.82) is 0 Å². The minimum atomic E-state index is -1.14. The van der Waals surface area contributed by atoms with E-state index in [0.717, 1.165) is 5.56 Å². The van der Waals surface area contributed by atoms with Gasteiger partial charge in [0.15, 0.2) is 6.10 Å². The lowest BCUT2D eigenvalue weighted by Crippen LogP contribution is -2.25. The van der Waals surface area contributed by atoms with E-state index in [2.05, 4.69) is 0 Å². The number of carboxylic acid groups (broad SMARTS) is 1. The Morgan fingerprint density at radius 1 is 1.00 bits per heavy atom. The highest BCUT2D eigenvalue weighted by atomic mass is 16.5. The van der Waals surface area contributed by atoms with E-state index in [4.69, 9.17) is 15.6 Å². The molecule has 0 aliphatic carbocycles. The van der Waals surface area contributed by atoms with Crippen LogP contribution in [0.3, 0.4) is 0 Å². The van der Waals surface area contributed by atoms with Crippen molar-refractivity contribution in [3.63, 3.8) is 0 Å². The van der Waals surface area contributed by atoms with Crippen LogP contribution < -0.4 is 10.5 Å². The number of amides is 1. The molecule has 0 aliphatic rings. The SMILES string of the molecule is CC.CC.Cc1c(C(=O)C(N)=O)c2c(OC(C)C(=O)O)cccc2n1Cc1ccccc1. The number of benzene rings is 2. The van der Waals surface area contributed by atoms with E-state index >= 15 is 0 Å². The minimum Gasteiger partial charge on any atom is -0.479 e. The van der Waals surface area contributed by atoms with Gasteiger partial charge in [-0.2, -0.15) is 0 Å². The van der Waals surface area contributed by atoms with Crippen LogP contribution in [0.2, 0.25) is 0 Å². The maximum Gasteiger partial charge on any atom is 0.344 e. The Kier molecular flexibility index (Phi) is 10.2. The van der Waals surface area contributed by atoms with Crippen LogP contribution in [0.25, 0.3) is 10.9 Å². The fraction of sp³-hybridized carbons (Fsp3) is 0.320. The highest BCUT2D eigenvalue weighted by Gasteiger charge is 2.27. The summed E-state index contributed by atoms with van der Waals surface area (Å²) in [5, 5.41) is 9.55. The van der Waals surface area contributed by atoms with E-state index in [9.17, 15) is 14.4 Å². The Hall–Kier alpha value is -3.61. The predicted octanol–water partition coefficient (Wildman–Crippen LogP) is 4.57. The van der Waals surface area contributed by atoms with Gasteiger partial charge in [-0.05, 0) is 31.5 Å². The zero-order valence-corrected chi connectivity index (χ0v) is 19.5. The van der Waals surface area contributed by atoms with Gasteiger partial charge in [0.1, 0.15) is 5.75 Å². The van der Waals surface area contributed by atoms with Crippen molar-refractivity contribution in [3.05, 3.63) is 65.4 Å². The van der Waals surface area contributed by atoms with Gasteiger partial charge >= 0.3 is 5.97 Å². The third kappa shape index (κ3) is 5.75. The highest BCUT2D eigenvalue weighted by Crippen LogP contribution is 2.35. The number of nitrogens with zero attached hydrogens (tertiary/aromatic N) is 1. The third-order valence-electron chi connectivity index (χ3n) is 4.60. The molecule has 3 N–H and O–H groups in total. The number of aliphatic carboxylic acids is 1. The number of ether oxygens (including phenoxy) is 1. The normalized spacial score (nSPS) is 10.8. The number of carbonyl (C=O) groups is 3. The number of carbonyl (C=O) groups excluding carboxylic acids is 2. The lowest BCUT2D eigenvalue weighted by Gasteiger charge is -2.12. The summed E-state index contributed by atoms with van der Waals surface area (Å²) in [6, 6.07) is 14.7. The number of ketones is 1. The molecule has 172 valence electrons. The number of carboxylic acids is 1. The molecule has 2 aromatic carbocycles. The van der Waals surface area contributed by atoms with Crippen molar-refractivity contribution in [2.75, 3.05) is 0 Å². The number of hydrogen-bond donors (Lipinski definition) is 2. The van der Waals surface area contributed by atoms with Gasteiger partial charge in [-0.25, -0.2) is 4.79 Å².